The molecule has 2 aromatic carbocycles. The molecule has 0 spiro atoms. The van der Waals surface area contributed by atoms with Crippen LogP contribution in [0.5, 0.6) is 0 Å². The lowest BCUT2D eigenvalue weighted by molar-refractivity contribution is -0.164. The maximum absolute atomic E-state index is 12.9. The van der Waals surface area contributed by atoms with Crippen LogP contribution < -0.4 is 0 Å². The van der Waals surface area contributed by atoms with Gasteiger partial charge in [-0.25, -0.2) is 9.59 Å². The molecule has 2 atom stereocenters. The summed E-state index contributed by atoms with van der Waals surface area (Å²) >= 11 is 0. The molecule has 0 N–H and O–H groups in total. The van der Waals surface area contributed by atoms with E-state index in [0.29, 0.717) is 24.9 Å². The number of rotatable bonds is 3. The van der Waals surface area contributed by atoms with Gasteiger partial charge in [-0.3, -0.25) is 9.69 Å². The number of amides is 1. The lowest BCUT2D eigenvalue weighted by Gasteiger charge is -2.40. The third-order valence-electron chi connectivity index (χ3n) is 4.91. The molecule has 0 bridgehead atoms. The standard InChI is InChI=1S/C24H27NO5/c1-24(2,3)30-22(27)19-15-10-16-25(20(19)17-11-6-4-7-12-17)23(28)29-21(26)18-13-8-5-9-14-18/h4-9,11-14,19-20H,10,15-16H2,1-3H3. The molecule has 2 aromatic rings. The Bertz CT molecular complexity index is 889. The van der Waals surface area contributed by atoms with Crippen LogP contribution in [0.3, 0.4) is 0 Å². The minimum absolute atomic E-state index is 0.294. The molecule has 2 unspecified atom stereocenters. The summed E-state index contributed by atoms with van der Waals surface area (Å²) in [5.74, 6) is -1.62. The SMILES string of the molecule is CC(C)(C)OC(=O)C1CCCN(C(=O)OC(=O)c2ccccc2)C1c1ccccc1. The van der Waals surface area contributed by atoms with Crippen LogP contribution in [-0.4, -0.2) is 35.1 Å². The Balaban J connectivity index is 1.86. The minimum atomic E-state index is -0.758. The van der Waals surface area contributed by atoms with Crippen LogP contribution in [0, 0.1) is 5.92 Å². The number of hydrogen-bond acceptors (Lipinski definition) is 5. The Morgan fingerprint density at radius 3 is 2.13 bits per heavy atom. The third-order valence-corrected chi connectivity index (χ3v) is 4.91. The van der Waals surface area contributed by atoms with Crippen LogP contribution in [0.4, 0.5) is 4.79 Å². The van der Waals surface area contributed by atoms with E-state index in [1.54, 1.807) is 30.3 Å². The number of ether oxygens (including phenoxy) is 2. The first kappa shape index (κ1) is 21.6. The number of likely N-dealkylation sites (tertiary alicyclic amines) is 1. The van der Waals surface area contributed by atoms with Gasteiger partial charge in [0.25, 0.3) is 0 Å². The predicted molar refractivity (Wildman–Crippen MR) is 112 cm³/mol. The molecule has 3 rings (SSSR count). The molecule has 1 fully saturated rings. The van der Waals surface area contributed by atoms with Crippen LogP contribution in [0.1, 0.15) is 55.6 Å². The average Bonchev–Trinajstić information content (AvgIpc) is 2.73. The van der Waals surface area contributed by atoms with E-state index in [0.717, 1.165) is 5.56 Å². The van der Waals surface area contributed by atoms with Crippen molar-refractivity contribution in [3.63, 3.8) is 0 Å². The second kappa shape index (κ2) is 9.11. The fraction of sp³-hybridized carbons (Fsp3) is 0.375. The first-order chi connectivity index (χ1) is 14.3. The van der Waals surface area contributed by atoms with E-state index in [2.05, 4.69) is 0 Å². The number of piperidine rings is 1. The molecule has 30 heavy (non-hydrogen) atoms. The summed E-state index contributed by atoms with van der Waals surface area (Å²) in [6.45, 7) is 5.83. The van der Waals surface area contributed by atoms with E-state index in [9.17, 15) is 14.4 Å². The zero-order valence-corrected chi connectivity index (χ0v) is 17.5. The first-order valence-corrected chi connectivity index (χ1v) is 10.1. The summed E-state index contributed by atoms with van der Waals surface area (Å²) in [5.41, 5.74) is 0.463. The van der Waals surface area contributed by atoms with Crippen molar-refractivity contribution in [2.24, 2.45) is 5.92 Å². The fourth-order valence-corrected chi connectivity index (χ4v) is 3.66. The summed E-state index contributed by atoms with van der Waals surface area (Å²) in [7, 11) is 0. The molecule has 6 heteroatoms. The highest BCUT2D eigenvalue weighted by molar-refractivity contribution is 5.96. The molecule has 1 aliphatic rings. The van der Waals surface area contributed by atoms with Crippen LogP contribution in [0.2, 0.25) is 0 Å². The summed E-state index contributed by atoms with van der Waals surface area (Å²) in [4.78, 5) is 39.7. The lowest BCUT2D eigenvalue weighted by Crippen LogP contribution is -2.47. The van der Waals surface area contributed by atoms with E-state index in [-0.39, 0.29) is 5.97 Å². The highest BCUT2D eigenvalue weighted by Crippen LogP contribution is 2.38. The molecule has 0 saturated carbocycles. The second-order valence-corrected chi connectivity index (χ2v) is 8.35. The molecule has 1 amide bonds. The molecular weight excluding hydrogens is 382 g/mol. The van der Waals surface area contributed by atoms with Crippen LogP contribution in [-0.2, 0) is 14.3 Å². The van der Waals surface area contributed by atoms with Gasteiger partial charge in [0, 0.05) is 6.54 Å². The van der Waals surface area contributed by atoms with Crippen molar-refractivity contribution in [1.29, 1.82) is 0 Å². The normalized spacial score (nSPS) is 19.1. The smallest absolute Gasteiger partial charge is 0.418 e. The molecule has 1 saturated heterocycles. The summed E-state index contributed by atoms with van der Waals surface area (Å²) in [6, 6.07) is 17.1. The molecule has 0 radical (unpaired) electrons. The average molecular weight is 409 g/mol. The third kappa shape index (κ3) is 5.26. The Hall–Kier alpha value is -3.15. The van der Waals surface area contributed by atoms with E-state index in [4.69, 9.17) is 9.47 Å². The Labute approximate surface area is 176 Å². The van der Waals surface area contributed by atoms with Crippen LogP contribution >= 0.6 is 0 Å². The van der Waals surface area contributed by atoms with Gasteiger partial charge in [0.15, 0.2) is 0 Å². The van der Waals surface area contributed by atoms with Gasteiger partial charge in [-0.05, 0) is 51.3 Å². The second-order valence-electron chi connectivity index (χ2n) is 8.35. The number of carbonyl (C=O) groups is 3. The largest absolute Gasteiger partial charge is 0.460 e. The van der Waals surface area contributed by atoms with Gasteiger partial charge < -0.3 is 9.47 Å². The minimum Gasteiger partial charge on any atom is -0.460 e. The van der Waals surface area contributed by atoms with Crippen molar-refractivity contribution < 1.29 is 23.9 Å². The number of esters is 2. The number of hydrogen-bond donors (Lipinski definition) is 0. The van der Waals surface area contributed by atoms with E-state index in [1.807, 2.05) is 51.1 Å². The van der Waals surface area contributed by atoms with E-state index in [1.165, 1.54) is 4.90 Å². The summed E-state index contributed by atoms with van der Waals surface area (Å²) in [6.07, 6.45) is 0.443. The highest BCUT2D eigenvalue weighted by atomic mass is 16.6. The van der Waals surface area contributed by atoms with Gasteiger partial charge in [0.1, 0.15) is 5.60 Å². The Morgan fingerprint density at radius 2 is 1.53 bits per heavy atom. The predicted octanol–water partition coefficient (Wildman–Crippen LogP) is 4.76. The molecular formula is C24H27NO5. The monoisotopic (exact) mass is 409 g/mol. The number of nitrogens with zero attached hydrogens (tertiary/aromatic N) is 1. The number of benzene rings is 2. The maximum Gasteiger partial charge on any atom is 0.418 e. The molecule has 0 aliphatic carbocycles. The zero-order valence-electron chi connectivity index (χ0n) is 17.5. The topological polar surface area (TPSA) is 72.9 Å². The Kier molecular flexibility index (Phi) is 6.55. The molecule has 6 nitrogen and oxygen atoms in total. The van der Waals surface area contributed by atoms with Gasteiger partial charge in [0.2, 0.25) is 0 Å². The molecule has 1 heterocycles. The fourth-order valence-electron chi connectivity index (χ4n) is 3.66. The van der Waals surface area contributed by atoms with Crippen molar-refractivity contribution in [3.05, 3.63) is 71.8 Å². The molecule has 158 valence electrons. The number of carbonyl (C=O) groups excluding carboxylic acids is 3. The van der Waals surface area contributed by atoms with E-state index < -0.39 is 29.6 Å². The van der Waals surface area contributed by atoms with Gasteiger partial charge >= 0.3 is 18.0 Å². The lowest BCUT2D eigenvalue weighted by atomic mass is 9.84. The van der Waals surface area contributed by atoms with Crippen molar-refractivity contribution in [2.75, 3.05) is 6.54 Å². The van der Waals surface area contributed by atoms with Gasteiger partial charge in [-0.15, -0.1) is 0 Å². The summed E-state index contributed by atoms with van der Waals surface area (Å²) in [5, 5.41) is 0. The van der Waals surface area contributed by atoms with E-state index >= 15 is 0 Å². The van der Waals surface area contributed by atoms with Gasteiger partial charge in [-0.1, -0.05) is 48.5 Å². The summed E-state index contributed by atoms with van der Waals surface area (Å²) < 4.78 is 10.8. The van der Waals surface area contributed by atoms with Gasteiger partial charge in [0.05, 0.1) is 17.5 Å². The maximum atomic E-state index is 12.9. The van der Waals surface area contributed by atoms with Crippen molar-refractivity contribution >= 4 is 18.0 Å². The quantitative estimate of drug-likeness (QED) is 0.540. The van der Waals surface area contributed by atoms with Crippen molar-refractivity contribution in [1.82, 2.24) is 4.90 Å². The molecule has 0 aromatic heterocycles. The molecule has 1 aliphatic heterocycles. The van der Waals surface area contributed by atoms with Crippen LogP contribution in [0.25, 0.3) is 0 Å². The zero-order chi connectivity index (χ0) is 21.7. The Morgan fingerprint density at radius 1 is 0.933 bits per heavy atom. The highest BCUT2D eigenvalue weighted by Gasteiger charge is 2.42. The van der Waals surface area contributed by atoms with Crippen molar-refractivity contribution in [2.45, 2.75) is 45.3 Å². The van der Waals surface area contributed by atoms with Gasteiger partial charge in [-0.2, -0.15) is 0 Å². The van der Waals surface area contributed by atoms with Crippen LogP contribution in [0.15, 0.2) is 60.7 Å². The van der Waals surface area contributed by atoms with Crippen molar-refractivity contribution in [3.8, 4) is 0 Å². The first-order valence-electron chi connectivity index (χ1n) is 10.1.